The predicted octanol–water partition coefficient (Wildman–Crippen LogP) is 0.718. The van der Waals surface area contributed by atoms with E-state index in [2.05, 4.69) is 10.3 Å². The fraction of sp³-hybridized carbons (Fsp3) is 0.500. The largest absolute Gasteiger partial charge is 0.467 e. The van der Waals surface area contributed by atoms with Gasteiger partial charge in [0.1, 0.15) is 6.10 Å². The number of rotatable bonds is 4. The highest BCUT2D eigenvalue weighted by molar-refractivity contribution is 5.23. The molecular weight excluding hydrogens is 199 g/mol. The minimum Gasteiger partial charge on any atom is -0.467 e. The van der Waals surface area contributed by atoms with Crippen molar-refractivity contribution in [3.63, 3.8) is 0 Å². The van der Waals surface area contributed by atoms with Gasteiger partial charge in [0, 0.05) is 18.3 Å². The Kier molecular flexibility index (Phi) is 3.13. The molecule has 0 spiro atoms. The van der Waals surface area contributed by atoms with Gasteiger partial charge in [-0.15, -0.1) is 0 Å². The second-order valence-electron chi connectivity index (χ2n) is 3.40. The summed E-state index contributed by atoms with van der Waals surface area (Å²) in [5.74, 6) is -0.324. The lowest BCUT2D eigenvalue weighted by Gasteiger charge is -2.26. The fourth-order valence-electron chi connectivity index (χ4n) is 1.31. The van der Waals surface area contributed by atoms with Gasteiger partial charge in [-0.1, -0.05) is 0 Å². The number of aromatic nitrogens is 1. The van der Waals surface area contributed by atoms with Crippen LogP contribution in [0, 0.1) is 5.82 Å². The van der Waals surface area contributed by atoms with Crippen molar-refractivity contribution in [1.82, 2.24) is 10.3 Å². The van der Waals surface area contributed by atoms with Crippen LogP contribution in [-0.4, -0.2) is 31.3 Å². The van der Waals surface area contributed by atoms with Crippen LogP contribution in [0.2, 0.25) is 0 Å². The average molecular weight is 212 g/mol. The van der Waals surface area contributed by atoms with Crippen molar-refractivity contribution in [1.29, 1.82) is 0 Å². The van der Waals surface area contributed by atoms with Gasteiger partial charge in [-0.2, -0.15) is 0 Å². The molecule has 1 N–H and O–H groups in total. The number of nitrogens with zero attached hydrogens (tertiary/aromatic N) is 1. The first-order valence-electron chi connectivity index (χ1n) is 4.83. The van der Waals surface area contributed by atoms with Gasteiger partial charge in [0.2, 0.25) is 0 Å². The molecule has 4 nitrogen and oxygen atoms in total. The molecule has 82 valence electrons. The summed E-state index contributed by atoms with van der Waals surface area (Å²) in [6, 6.07) is 1.63. The van der Waals surface area contributed by atoms with Crippen LogP contribution in [0.1, 0.15) is 5.56 Å². The Morgan fingerprint density at radius 3 is 3.07 bits per heavy atom. The smallest absolute Gasteiger partial charge is 0.251 e. The van der Waals surface area contributed by atoms with Crippen molar-refractivity contribution in [3.8, 4) is 5.88 Å². The number of hydrogen-bond acceptors (Lipinski definition) is 4. The van der Waals surface area contributed by atoms with Crippen molar-refractivity contribution >= 4 is 0 Å². The lowest BCUT2D eigenvalue weighted by atomic mass is 10.2. The molecule has 0 saturated carbocycles. The van der Waals surface area contributed by atoms with Gasteiger partial charge in [0.05, 0.1) is 13.2 Å². The molecule has 0 radical (unpaired) electrons. The molecule has 15 heavy (non-hydrogen) atoms. The number of hydrogen-bond donors (Lipinski definition) is 1. The van der Waals surface area contributed by atoms with Crippen molar-refractivity contribution < 1.29 is 13.9 Å². The van der Waals surface area contributed by atoms with Crippen LogP contribution in [-0.2, 0) is 11.3 Å². The predicted molar refractivity (Wildman–Crippen MR) is 52.2 cm³/mol. The highest BCUT2D eigenvalue weighted by Crippen LogP contribution is 2.20. The van der Waals surface area contributed by atoms with Crippen molar-refractivity contribution in [3.05, 3.63) is 23.6 Å². The summed E-state index contributed by atoms with van der Waals surface area (Å²) in [5.41, 5.74) is 0.558. The maximum atomic E-state index is 13.7. The van der Waals surface area contributed by atoms with Crippen molar-refractivity contribution in [2.75, 3.05) is 20.3 Å². The van der Waals surface area contributed by atoms with E-state index < -0.39 is 5.82 Å². The monoisotopic (exact) mass is 212 g/mol. The van der Waals surface area contributed by atoms with E-state index in [0.29, 0.717) is 25.3 Å². The molecule has 2 heterocycles. The normalized spacial score (nSPS) is 16.1. The number of halogens is 1. The van der Waals surface area contributed by atoms with Crippen LogP contribution in [0.4, 0.5) is 4.39 Å². The van der Waals surface area contributed by atoms with Crippen LogP contribution >= 0.6 is 0 Å². The fourth-order valence-corrected chi connectivity index (χ4v) is 1.31. The van der Waals surface area contributed by atoms with Gasteiger partial charge >= 0.3 is 0 Å². The molecule has 0 bridgehead atoms. The van der Waals surface area contributed by atoms with E-state index in [4.69, 9.17) is 9.47 Å². The van der Waals surface area contributed by atoms with Gasteiger partial charge in [-0.3, -0.25) is 0 Å². The number of pyridine rings is 1. The van der Waals surface area contributed by atoms with E-state index in [1.54, 1.807) is 19.3 Å². The highest BCUT2D eigenvalue weighted by atomic mass is 19.1. The van der Waals surface area contributed by atoms with Crippen LogP contribution in [0.15, 0.2) is 12.3 Å². The molecule has 0 aliphatic carbocycles. The summed E-state index contributed by atoms with van der Waals surface area (Å²) in [6.45, 7) is 1.49. The van der Waals surface area contributed by atoms with Crippen LogP contribution in [0.5, 0.6) is 5.88 Å². The zero-order valence-corrected chi connectivity index (χ0v) is 8.50. The maximum absolute atomic E-state index is 13.7. The topological polar surface area (TPSA) is 43.4 Å². The molecule has 2 rings (SSSR count). The first kappa shape index (κ1) is 10.3. The van der Waals surface area contributed by atoms with Crippen LogP contribution < -0.4 is 10.1 Å². The third kappa shape index (κ3) is 2.24. The highest BCUT2D eigenvalue weighted by Gasteiger charge is 2.22. The summed E-state index contributed by atoms with van der Waals surface area (Å²) in [4.78, 5) is 3.86. The van der Waals surface area contributed by atoms with Crippen LogP contribution in [0.3, 0.4) is 0 Å². The van der Waals surface area contributed by atoms with E-state index in [0.717, 1.165) is 0 Å². The summed E-state index contributed by atoms with van der Waals surface area (Å²) in [5, 5.41) is 2.89. The summed E-state index contributed by atoms with van der Waals surface area (Å²) in [6.07, 6.45) is 1.49. The lowest BCUT2D eigenvalue weighted by molar-refractivity contribution is -0.0827. The Balaban J connectivity index is 2.11. The van der Waals surface area contributed by atoms with Gasteiger partial charge in [0.15, 0.2) is 5.82 Å². The lowest BCUT2D eigenvalue weighted by Crippen LogP contribution is -2.39. The molecule has 0 atom stereocenters. The first-order chi connectivity index (χ1) is 7.31. The van der Waals surface area contributed by atoms with E-state index in [1.165, 1.54) is 0 Å². The van der Waals surface area contributed by atoms with Gasteiger partial charge in [0.25, 0.3) is 5.88 Å². The quantitative estimate of drug-likeness (QED) is 0.798. The third-order valence-electron chi connectivity index (χ3n) is 2.19. The van der Waals surface area contributed by atoms with E-state index in [9.17, 15) is 4.39 Å². The van der Waals surface area contributed by atoms with E-state index >= 15 is 0 Å². The molecular formula is C10H13FN2O2. The number of ether oxygens (including phenoxy) is 2. The second-order valence-corrected chi connectivity index (χ2v) is 3.40. The first-order valence-corrected chi connectivity index (χ1v) is 4.83. The molecule has 1 aliphatic heterocycles. The summed E-state index contributed by atoms with van der Waals surface area (Å²) in [7, 11) is 1.76. The zero-order valence-electron chi connectivity index (χ0n) is 8.50. The molecule has 0 amide bonds. The van der Waals surface area contributed by atoms with Gasteiger partial charge < -0.3 is 14.8 Å². The molecule has 0 unspecified atom stereocenters. The molecule has 5 heteroatoms. The van der Waals surface area contributed by atoms with Crippen LogP contribution in [0.25, 0.3) is 0 Å². The molecule has 0 aromatic carbocycles. The maximum Gasteiger partial charge on any atom is 0.251 e. The molecule has 1 aliphatic rings. The SMILES string of the molecule is CNCc1ccnc(OC2COC2)c1F. The molecule has 1 aromatic heterocycles. The Morgan fingerprint density at radius 1 is 1.67 bits per heavy atom. The summed E-state index contributed by atoms with van der Waals surface area (Å²) < 4.78 is 24.0. The standard InChI is InChI=1S/C10H13FN2O2/c1-12-4-7-2-3-13-10(9(7)11)15-8-5-14-6-8/h2-3,8,12H,4-6H2,1H3. The van der Waals surface area contributed by atoms with E-state index in [1.807, 2.05) is 0 Å². The summed E-state index contributed by atoms with van der Waals surface area (Å²) >= 11 is 0. The Morgan fingerprint density at radius 2 is 2.47 bits per heavy atom. The Labute approximate surface area is 87.4 Å². The Bertz CT molecular complexity index is 342. The Hall–Kier alpha value is -1.20. The number of nitrogens with one attached hydrogen (secondary N) is 1. The van der Waals surface area contributed by atoms with E-state index in [-0.39, 0.29) is 12.0 Å². The average Bonchev–Trinajstić information content (AvgIpc) is 2.17. The van der Waals surface area contributed by atoms with Crippen molar-refractivity contribution in [2.45, 2.75) is 12.6 Å². The van der Waals surface area contributed by atoms with Crippen molar-refractivity contribution in [2.24, 2.45) is 0 Å². The minimum absolute atomic E-state index is 0.0585. The molecule has 1 fully saturated rings. The molecule has 1 aromatic rings. The van der Waals surface area contributed by atoms with Gasteiger partial charge in [-0.05, 0) is 13.1 Å². The molecule has 1 saturated heterocycles. The minimum atomic E-state index is -0.390. The zero-order chi connectivity index (χ0) is 10.7. The third-order valence-corrected chi connectivity index (χ3v) is 2.19. The second kappa shape index (κ2) is 4.55. The van der Waals surface area contributed by atoms with Gasteiger partial charge in [-0.25, -0.2) is 9.37 Å².